The highest BCUT2D eigenvalue weighted by Crippen LogP contribution is 2.28. The van der Waals surface area contributed by atoms with Crippen molar-refractivity contribution in [2.45, 2.75) is 34.1 Å². The first-order chi connectivity index (χ1) is 21.0. The number of allylic oxidation sites excluding steroid dienone is 7. The molecule has 0 bridgehead atoms. The molecule has 0 saturated heterocycles. The van der Waals surface area contributed by atoms with Gasteiger partial charge in [-0.1, -0.05) is 53.2 Å². The minimum atomic E-state index is 0.938. The number of nitrogens with zero attached hydrogens (tertiary/aromatic N) is 4. The van der Waals surface area contributed by atoms with E-state index in [1.165, 1.54) is 33.8 Å². The number of rotatable bonds is 12. The summed E-state index contributed by atoms with van der Waals surface area (Å²) in [5, 5.41) is 0. The summed E-state index contributed by atoms with van der Waals surface area (Å²) in [6, 6.07) is 26.5. The van der Waals surface area contributed by atoms with Gasteiger partial charge in [0, 0.05) is 75.6 Å². The zero-order valence-corrected chi connectivity index (χ0v) is 26.8. The van der Waals surface area contributed by atoms with Crippen LogP contribution in [0.5, 0.6) is 0 Å². The lowest BCUT2D eigenvalue weighted by atomic mass is 9.96. The van der Waals surface area contributed by atoms with E-state index in [0.717, 1.165) is 49.6 Å². The van der Waals surface area contributed by atoms with Crippen LogP contribution >= 0.6 is 0 Å². The maximum absolute atomic E-state index is 5.06. The van der Waals surface area contributed by atoms with E-state index in [0.29, 0.717) is 0 Å². The van der Waals surface area contributed by atoms with Gasteiger partial charge in [0.15, 0.2) is 0 Å². The molecule has 0 saturated carbocycles. The van der Waals surface area contributed by atoms with Crippen LogP contribution in [0.1, 0.15) is 50.8 Å². The topological polar surface area (TPSA) is 23.8 Å². The van der Waals surface area contributed by atoms with Gasteiger partial charge in [-0.15, -0.1) is 0 Å². The Morgan fingerprint density at radius 1 is 0.628 bits per heavy atom. The first-order valence-corrected chi connectivity index (χ1v) is 15.6. The van der Waals surface area contributed by atoms with E-state index < -0.39 is 0 Å². The molecule has 0 aromatic heterocycles. The van der Waals surface area contributed by atoms with Crippen molar-refractivity contribution in [3.63, 3.8) is 0 Å². The molecule has 1 aliphatic carbocycles. The summed E-state index contributed by atoms with van der Waals surface area (Å²) in [6.45, 7) is 12.8. The lowest BCUT2D eigenvalue weighted by Crippen LogP contribution is -2.21. The van der Waals surface area contributed by atoms with Crippen molar-refractivity contribution in [3.05, 3.63) is 132 Å². The summed E-state index contributed by atoms with van der Waals surface area (Å²) in [6.07, 6.45) is 16.0. The Kier molecular flexibility index (Phi) is 11.4. The second-order valence-corrected chi connectivity index (χ2v) is 10.8. The largest absolute Gasteiger partial charge is 0.378 e. The van der Waals surface area contributed by atoms with Crippen LogP contribution < -0.4 is 19.4 Å². The third kappa shape index (κ3) is 8.28. The molecule has 0 heterocycles. The van der Waals surface area contributed by atoms with Gasteiger partial charge in [0.2, 0.25) is 0 Å². The Labute approximate surface area is 259 Å². The molecule has 0 amide bonds. The molecule has 0 unspecified atom stereocenters. The third-order valence-corrected chi connectivity index (χ3v) is 7.91. The summed E-state index contributed by atoms with van der Waals surface area (Å²) in [5.41, 5.74) is 10.2. The Hall–Kier alpha value is -4.53. The highest BCUT2D eigenvalue weighted by atomic mass is 15.1. The average molecular weight is 572 g/mol. The van der Waals surface area contributed by atoms with Gasteiger partial charge in [0.25, 0.3) is 0 Å². The molecule has 0 spiro atoms. The van der Waals surface area contributed by atoms with Gasteiger partial charge in [0.05, 0.1) is 5.56 Å². The first kappa shape index (κ1) is 31.4. The second-order valence-electron chi connectivity index (χ2n) is 10.8. The fourth-order valence-electron chi connectivity index (χ4n) is 5.33. The van der Waals surface area contributed by atoms with Crippen LogP contribution in [0.25, 0.3) is 5.57 Å². The number of benzene rings is 3. The van der Waals surface area contributed by atoms with E-state index >= 15 is 0 Å². The SMILES string of the molecule is CCN(CC)c1ccc(C(=CC=CC(=[N+]=C2C=CCC=C2)c2ccc(N(CC)CC)cc2)c2ccc(N(C)C)cc2)cc1. The number of hydrogen-bond donors (Lipinski definition) is 0. The fraction of sp³-hybridized carbons (Fsp3) is 0.282. The van der Waals surface area contributed by atoms with Crippen molar-refractivity contribution in [2.75, 3.05) is 55.0 Å². The van der Waals surface area contributed by atoms with Crippen LogP contribution in [0.4, 0.5) is 17.1 Å². The Balaban J connectivity index is 1.77. The van der Waals surface area contributed by atoms with Crippen LogP contribution in [-0.2, 0) is 0 Å². The number of anilines is 3. The summed E-state index contributed by atoms with van der Waals surface area (Å²) >= 11 is 0. The van der Waals surface area contributed by atoms with E-state index in [1.54, 1.807) is 0 Å². The molecule has 3 aromatic carbocycles. The minimum absolute atomic E-state index is 0.938. The molecule has 222 valence electrons. The van der Waals surface area contributed by atoms with Crippen LogP contribution in [-0.4, -0.2) is 51.7 Å². The van der Waals surface area contributed by atoms with E-state index in [9.17, 15) is 0 Å². The zero-order valence-electron chi connectivity index (χ0n) is 26.8. The zero-order chi connectivity index (χ0) is 30.6. The molecular formula is C39H47N4+. The highest BCUT2D eigenvalue weighted by Gasteiger charge is 2.14. The van der Waals surface area contributed by atoms with Gasteiger partial charge in [-0.05, 0) is 99.3 Å². The quantitative estimate of drug-likeness (QED) is 0.125. The van der Waals surface area contributed by atoms with Gasteiger partial charge in [-0.3, -0.25) is 0 Å². The average Bonchev–Trinajstić information content (AvgIpc) is 3.05. The van der Waals surface area contributed by atoms with E-state index in [2.05, 4.69) is 172 Å². The predicted octanol–water partition coefficient (Wildman–Crippen LogP) is 7.95. The van der Waals surface area contributed by atoms with Crippen molar-refractivity contribution in [2.24, 2.45) is 0 Å². The molecule has 43 heavy (non-hydrogen) atoms. The van der Waals surface area contributed by atoms with Gasteiger partial charge in [-0.2, -0.15) is 0 Å². The monoisotopic (exact) mass is 571 g/mol. The Morgan fingerprint density at radius 3 is 1.51 bits per heavy atom. The lowest BCUT2D eigenvalue weighted by Gasteiger charge is -2.21. The van der Waals surface area contributed by atoms with E-state index in [1.807, 2.05) is 0 Å². The summed E-state index contributed by atoms with van der Waals surface area (Å²) < 4.78 is 5.06. The normalized spacial score (nSPS) is 12.9. The van der Waals surface area contributed by atoms with Crippen molar-refractivity contribution < 1.29 is 0 Å². The van der Waals surface area contributed by atoms with Crippen LogP contribution in [0, 0.1) is 0 Å². The van der Waals surface area contributed by atoms with Crippen molar-refractivity contribution >= 4 is 34.1 Å². The number of hydrogen-bond acceptors (Lipinski definition) is 3. The van der Waals surface area contributed by atoms with E-state index in [-0.39, 0.29) is 0 Å². The van der Waals surface area contributed by atoms with Crippen LogP contribution in [0.2, 0.25) is 0 Å². The van der Waals surface area contributed by atoms with Crippen LogP contribution in [0.15, 0.2) is 115 Å². The van der Waals surface area contributed by atoms with Crippen molar-refractivity contribution in [1.29, 1.82) is 0 Å². The van der Waals surface area contributed by atoms with Gasteiger partial charge >= 0.3 is 11.4 Å². The lowest BCUT2D eigenvalue weighted by molar-refractivity contribution is 0.866. The molecule has 1 aliphatic rings. The molecule has 4 heteroatoms. The van der Waals surface area contributed by atoms with Gasteiger partial charge < -0.3 is 14.7 Å². The summed E-state index contributed by atoms with van der Waals surface area (Å²) in [5.74, 6) is 0. The maximum Gasteiger partial charge on any atom is 0.335 e. The Morgan fingerprint density at radius 2 is 1.07 bits per heavy atom. The van der Waals surface area contributed by atoms with Crippen molar-refractivity contribution in [1.82, 2.24) is 4.67 Å². The fourth-order valence-corrected chi connectivity index (χ4v) is 5.33. The molecular weight excluding hydrogens is 524 g/mol. The summed E-state index contributed by atoms with van der Waals surface area (Å²) in [7, 11) is 4.15. The molecule has 0 N–H and O–H groups in total. The molecule has 4 nitrogen and oxygen atoms in total. The molecule has 0 aliphatic heterocycles. The maximum atomic E-state index is 5.06. The van der Waals surface area contributed by atoms with Crippen molar-refractivity contribution in [3.8, 4) is 0 Å². The predicted molar refractivity (Wildman–Crippen MR) is 191 cm³/mol. The standard InChI is InChI=1S/C39H47N4/c1-7-42(8-2)36-27-21-32(22-28-36)38(31-19-25-35(26-20-31)41(5)6)17-14-18-39(40-34-15-12-11-13-16-34)33-23-29-37(30-24-33)43(9-3)10-4/h12-30H,7-11H2,1-6H3/q+1. The summed E-state index contributed by atoms with van der Waals surface area (Å²) in [4.78, 5) is 6.87. The third-order valence-electron chi connectivity index (χ3n) is 7.91. The van der Waals surface area contributed by atoms with E-state index in [4.69, 9.17) is 4.67 Å². The molecule has 0 atom stereocenters. The molecule has 3 aromatic rings. The second kappa shape index (κ2) is 15.6. The minimum Gasteiger partial charge on any atom is -0.378 e. The van der Waals surface area contributed by atoms with Crippen LogP contribution in [0.3, 0.4) is 0 Å². The first-order valence-electron chi connectivity index (χ1n) is 15.6. The Bertz CT molecular complexity index is 1490. The highest BCUT2D eigenvalue weighted by molar-refractivity contribution is 6.14. The smallest absolute Gasteiger partial charge is 0.335 e. The molecule has 0 fully saturated rings. The molecule has 4 rings (SSSR count). The van der Waals surface area contributed by atoms with Gasteiger partial charge in [-0.25, -0.2) is 0 Å². The molecule has 0 radical (unpaired) electrons. The van der Waals surface area contributed by atoms with Gasteiger partial charge in [0.1, 0.15) is 0 Å².